The zero-order valence-electron chi connectivity index (χ0n) is 29.1. The summed E-state index contributed by atoms with van der Waals surface area (Å²) in [5, 5.41) is 31.4. The number of amides is 4. The Morgan fingerprint density at radius 1 is 0.500 bits per heavy atom. The molecule has 6 aromatic rings. The van der Waals surface area contributed by atoms with E-state index in [2.05, 4.69) is 21.3 Å². The van der Waals surface area contributed by atoms with Crippen molar-refractivity contribution in [3.05, 3.63) is 119 Å². The summed E-state index contributed by atoms with van der Waals surface area (Å²) in [7, 11) is -9.65. The molecule has 0 bridgehead atoms. The van der Waals surface area contributed by atoms with Gasteiger partial charge in [-0.05, 0) is 96.4 Å². The summed E-state index contributed by atoms with van der Waals surface area (Å²) < 4.78 is 68.0. The third-order valence-corrected chi connectivity index (χ3v) is 10.5. The number of anilines is 4. The molecule has 0 aliphatic heterocycles. The zero-order valence-corrected chi connectivity index (χ0v) is 30.7. The highest BCUT2D eigenvalue weighted by Gasteiger charge is 2.25. The fourth-order valence-electron chi connectivity index (χ4n) is 5.98. The van der Waals surface area contributed by atoms with Crippen molar-refractivity contribution in [2.45, 2.75) is 23.6 Å². The molecule has 6 rings (SSSR count). The highest BCUT2D eigenvalue weighted by Crippen LogP contribution is 2.38. The van der Waals surface area contributed by atoms with Gasteiger partial charge in [0.25, 0.3) is 32.1 Å². The highest BCUT2D eigenvalue weighted by atomic mass is 32.2. The lowest BCUT2D eigenvalue weighted by atomic mass is 10.1. The van der Waals surface area contributed by atoms with Crippen LogP contribution in [0.4, 0.5) is 22.7 Å². The van der Waals surface area contributed by atoms with E-state index in [1.165, 1.54) is 86.6 Å². The molecule has 0 saturated carbocycles. The minimum Gasteiger partial charge on any atom is -0.507 e. The molecule has 0 heterocycles. The van der Waals surface area contributed by atoms with E-state index in [1.54, 1.807) is 12.1 Å². The van der Waals surface area contributed by atoms with Crippen molar-refractivity contribution in [1.29, 1.82) is 0 Å². The van der Waals surface area contributed by atoms with Crippen molar-refractivity contribution in [2.75, 3.05) is 21.3 Å². The van der Waals surface area contributed by atoms with E-state index in [4.69, 9.17) is 0 Å². The van der Waals surface area contributed by atoms with Crippen LogP contribution < -0.4 is 21.3 Å². The van der Waals surface area contributed by atoms with Crippen molar-refractivity contribution in [2.24, 2.45) is 0 Å². The molecular weight excluding hydrogens is 769 g/mol. The number of benzene rings is 6. The van der Waals surface area contributed by atoms with Crippen molar-refractivity contribution in [3.8, 4) is 11.5 Å². The SMILES string of the molecule is Cc1cc(C(=O)Nc2c(S(=O)(=O)O)ccc3cccc(O)c23)ccc1NC(=O)C(=O)Nc1ccc(C(=O)Nc2c(S(=O)(=O)O)ccc3cccc(O)c23)cc1C. The Bertz CT molecular complexity index is 2700. The van der Waals surface area contributed by atoms with Crippen LogP contribution in [0.15, 0.2) is 107 Å². The quantitative estimate of drug-likeness (QED) is 0.0691. The van der Waals surface area contributed by atoms with E-state index < -0.39 is 53.7 Å². The topological polar surface area (TPSA) is 266 Å². The highest BCUT2D eigenvalue weighted by molar-refractivity contribution is 7.86. The Balaban J connectivity index is 1.15. The lowest BCUT2D eigenvalue weighted by molar-refractivity contribution is -0.133. The van der Waals surface area contributed by atoms with Gasteiger partial charge in [0, 0.05) is 33.3 Å². The van der Waals surface area contributed by atoms with Crippen molar-refractivity contribution in [3.63, 3.8) is 0 Å². The number of hydrogen-bond acceptors (Lipinski definition) is 10. The van der Waals surface area contributed by atoms with Gasteiger partial charge < -0.3 is 31.5 Å². The molecule has 56 heavy (non-hydrogen) atoms. The predicted octanol–water partition coefficient (Wildman–Crippen LogP) is 5.60. The number of rotatable bonds is 8. The van der Waals surface area contributed by atoms with Crippen molar-refractivity contribution in [1.82, 2.24) is 0 Å². The van der Waals surface area contributed by atoms with Crippen LogP contribution in [0, 0.1) is 13.8 Å². The second-order valence-corrected chi connectivity index (χ2v) is 15.2. The van der Waals surface area contributed by atoms with E-state index in [0.29, 0.717) is 21.9 Å². The molecule has 0 atom stereocenters. The maximum absolute atomic E-state index is 13.3. The fraction of sp³-hybridized carbons (Fsp3) is 0.0526. The minimum absolute atomic E-state index is 0.00451. The van der Waals surface area contributed by atoms with Crippen LogP contribution in [0.3, 0.4) is 0 Å². The van der Waals surface area contributed by atoms with Crippen LogP contribution in [0.2, 0.25) is 0 Å². The first kappa shape index (κ1) is 38.9. The average Bonchev–Trinajstić information content (AvgIpc) is 3.12. The molecule has 0 radical (unpaired) electrons. The second kappa shape index (κ2) is 14.8. The predicted molar refractivity (Wildman–Crippen MR) is 206 cm³/mol. The molecule has 286 valence electrons. The van der Waals surface area contributed by atoms with Gasteiger partial charge in [-0.2, -0.15) is 16.8 Å². The van der Waals surface area contributed by atoms with Gasteiger partial charge in [-0.15, -0.1) is 0 Å². The first-order valence-electron chi connectivity index (χ1n) is 16.2. The molecule has 0 aliphatic rings. The van der Waals surface area contributed by atoms with Crippen LogP contribution >= 0.6 is 0 Å². The maximum atomic E-state index is 13.3. The lowest BCUT2D eigenvalue weighted by Crippen LogP contribution is -2.29. The summed E-state index contributed by atoms with van der Waals surface area (Å²) in [4.78, 5) is 51.0. The number of carbonyl (C=O) groups is 4. The standard InChI is InChI=1S/C38H30N4O12S2/c1-19-17-23(35(45)41-33-29(55(49,50)51)15-11-21-5-3-7-27(43)31(21)33)9-13-25(19)39-37(47)38(48)40-26-14-10-24(18-20(26)2)36(46)42-34-30(56(52,53)54)16-12-22-6-4-8-28(44)32(22)34/h3-18,43-44H,1-2H3,(H,39,47)(H,40,48)(H,41,45)(H,42,46)(H,49,50,51)(H,52,53,54). The number of phenols is 2. The number of carbonyl (C=O) groups excluding carboxylic acids is 4. The van der Waals surface area contributed by atoms with Crippen molar-refractivity contribution >= 4 is 88.2 Å². The molecule has 4 amide bonds. The number of aromatic hydroxyl groups is 2. The molecule has 0 aromatic heterocycles. The molecule has 0 saturated heterocycles. The summed E-state index contributed by atoms with van der Waals surface area (Å²) in [6, 6.07) is 21.6. The van der Waals surface area contributed by atoms with Gasteiger partial charge in [-0.1, -0.05) is 36.4 Å². The molecular formula is C38H30N4O12S2. The normalized spacial score (nSPS) is 11.6. The third kappa shape index (κ3) is 7.84. The molecule has 0 unspecified atom stereocenters. The number of aryl methyl sites for hydroxylation is 2. The average molecular weight is 799 g/mol. The second-order valence-electron chi connectivity index (χ2n) is 12.5. The zero-order chi connectivity index (χ0) is 40.7. The van der Waals surface area contributed by atoms with E-state index in [0.717, 1.165) is 12.1 Å². The van der Waals surface area contributed by atoms with E-state index in [-0.39, 0.29) is 56.1 Å². The van der Waals surface area contributed by atoms with Crippen molar-refractivity contribution < 1.29 is 55.3 Å². The molecule has 6 aromatic carbocycles. The van der Waals surface area contributed by atoms with Gasteiger partial charge in [0.05, 0.1) is 11.4 Å². The third-order valence-electron chi connectivity index (χ3n) is 8.68. The number of hydrogen-bond donors (Lipinski definition) is 8. The van der Waals surface area contributed by atoms with E-state index in [9.17, 15) is 55.3 Å². The molecule has 8 N–H and O–H groups in total. The molecule has 0 fully saturated rings. The Labute approximate surface area is 318 Å². The summed E-state index contributed by atoms with van der Waals surface area (Å²) in [5.41, 5.74) is 0.275. The Kier molecular flexibility index (Phi) is 10.2. The van der Waals surface area contributed by atoms with Gasteiger partial charge in [-0.25, -0.2) is 0 Å². The monoisotopic (exact) mass is 798 g/mol. The van der Waals surface area contributed by atoms with Gasteiger partial charge >= 0.3 is 11.8 Å². The van der Waals surface area contributed by atoms with Crippen LogP contribution in [0.25, 0.3) is 21.5 Å². The number of nitrogens with one attached hydrogen (secondary N) is 4. The minimum atomic E-state index is -4.83. The van der Waals surface area contributed by atoms with Gasteiger partial charge in [-0.3, -0.25) is 28.3 Å². The Morgan fingerprint density at radius 3 is 1.21 bits per heavy atom. The van der Waals surface area contributed by atoms with Crippen LogP contribution in [0.1, 0.15) is 31.8 Å². The smallest absolute Gasteiger partial charge is 0.314 e. The van der Waals surface area contributed by atoms with Crippen LogP contribution in [-0.2, 0) is 29.8 Å². The first-order chi connectivity index (χ1) is 26.3. The van der Waals surface area contributed by atoms with E-state index >= 15 is 0 Å². The Hall–Kier alpha value is -6.86. The van der Waals surface area contributed by atoms with Gasteiger partial charge in [0.2, 0.25) is 0 Å². The summed E-state index contributed by atoms with van der Waals surface area (Å²) >= 11 is 0. The number of phenolic OH excluding ortho intramolecular Hbond substituents is 2. The van der Waals surface area contributed by atoms with E-state index in [1.807, 2.05) is 0 Å². The molecule has 18 heteroatoms. The maximum Gasteiger partial charge on any atom is 0.314 e. The Morgan fingerprint density at radius 2 is 0.875 bits per heavy atom. The molecule has 16 nitrogen and oxygen atoms in total. The number of fused-ring (bicyclic) bond motifs is 2. The van der Waals surface area contributed by atoms with Crippen LogP contribution in [0.5, 0.6) is 11.5 Å². The summed E-state index contributed by atoms with van der Waals surface area (Å²) in [5.74, 6) is -4.50. The van der Waals surface area contributed by atoms with Gasteiger partial charge in [0.1, 0.15) is 21.3 Å². The molecule has 0 aliphatic carbocycles. The summed E-state index contributed by atoms with van der Waals surface area (Å²) in [6.07, 6.45) is 0. The first-order valence-corrected chi connectivity index (χ1v) is 19.1. The van der Waals surface area contributed by atoms with Crippen LogP contribution in [-0.4, -0.2) is 59.8 Å². The molecule has 0 spiro atoms. The largest absolute Gasteiger partial charge is 0.507 e. The summed E-state index contributed by atoms with van der Waals surface area (Å²) in [6.45, 7) is 3.06. The van der Waals surface area contributed by atoms with Gasteiger partial charge in [0.15, 0.2) is 0 Å². The fourth-order valence-corrected chi connectivity index (χ4v) is 7.28. The lowest BCUT2D eigenvalue weighted by Gasteiger charge is -2.15.